The summed E-state index contributed by atoms with van der Waals surface area (Å²) < 4.78 is 7.86. The Morgan fingerprint density at radius 2 is 1.84 bits per heavy atom. The summed E-state index contributed by atoms with van der Waals surface area (Å²) in [5.74, 6) is 0.664. The summed E-state index contributed by atoms with van der Waals surface area (Å²) in [5, 5.41) is 3.67. The first-order valence-corrected chi connectivity index (χ1v) is 7.82. The molecule has 0 spiro atoms. The first-order chi connectivity index (χ1) is 11.8. The average Bonchev–Trinajstić information content (AvgIpc) is 2.60. The lowest BCUT2D eigenvalue weighted by molar-refractivity contribution is 0.416. The summed E-state index contributed by atoms with van der Waals surface area (Å²) in [6.45, 7) is 3.84. The van der Waals surface area contributed by atoms with Gasteiger partial charge in [-0.3, -0.25) is 13.9 Å². The fourth-order valence-corrected chi connectivity index (χ4v) is 2.84. The summed E-state index contributed by atoms with van der Waals surface area (Å²) in [4.78, 5) is 29.2. The molecule has 25 heavy (non-hydrogen) atoms. The minimum absolute atomic E-state index is 0.341. The molecule has 0 amide bonds. The largest absolute Gasteiger partial charge is 0.495 e. The number of benzene rings is 1. The topological polar surface area (TPSA) is 78.2 Å². The van der Waals surface area contributed by atoms with E-state index in [0.29, 0.717) is 22.5 Å². The van der Waals surface area contributed by atoms with E-state index in [1.165, 1.54) is 11.6 Å². The molecule has 0 fully saturated rings. The molecule has 0 bridgehead atoms. The van der Waals surface area contributed by atoms with Gasteiger partial charge in [0.15, 0.2) is 5.65 Å². The van der Waals surface area contributed by atoms with Gasteiger partial charge in [-0.25, -0.2) is 9.78 Å². The number of fused-ring (bicyclic) bond motifs is 1. The van der Waals surface area contributed by atoms with Gasteiger partial charge in [0.2, 0.25) is 0 Å². The third-order valence-corrected chi connectivity index (χ3v) is 4.27. The Labute approximate surface area is 144 Å². The Morgan fingerprint density at radius 3 is 2.52 bits per heavy atom. The highest BCUT2D eigenvalue weighted by Gasteiger charge is 2.17. The van der Waals surface area contributed by atoms with Crippen molar-refractivity contribution in [1.82, 2.24) is 14.1 Å². The van der Waals surface area contributed by atoms with Crippen molar-refractivity contribution in [2.24, 2.45) is 14.1 Å². The molecule has 2 aromatic heterocycles. The van der Waals surface area contributed by atoms with Gasteiger partial charge in [-0.05, 0) is 37.1 Å². The molecule has 1 N–H and O–H groups in total. The smallest absolute Gasteiger partial charge is 0.332 e. The molecule has 7 nitrogen and oxygen atoms in total. The van der Waals surface area contributed by atoms with E-state index < -0.39 is 5.69 Å². The summed E-state index contributed by atoms with van der Waals surface area (Å²) in [6, 6.07) is 5.76. The molecule has 3 rings (SSSR count). The van der Waals surface area contributed by atoms with Gasteiger partial charge in [0, 0.05) is 20.3 Å². The van der Waals surface area contributed by atoms with Gasteiger partial charge >= 0.3 is 5.69 Å². The van der Waals surface area contributed by atoms with E-state index in [0.717, 1.165) is 21.4 Å². The molecule has 0 saturated carbocycles. The second-order valence-electron chi connectivity index (χ2n) is 6.05. The number of nitrogens with zero attached hydrogens (tertiary/aromatic N) is 3. The van der Waals surface area contributed by atoms with E-state index in [4.69, 9.17) is 4.74 Å². The zero-order valence-corrected chi connectivity index (χ0v) is 14.9. The molecule has 130 valence electrons. The molecule has 1 aromatic carbocycles. The molecule has 0 unspecified atom stereocenters. The van der Waals surface area contributed by atoms with Crippen LogP contribution in [0.5, 0.6) is 5.75 Å². The summed E-state index contributed by atoms with van der Waals surface area (Å²) >= 11 is 0. The molecular formula is C18H20N4O3. The van der Waals surface area contributed by atoms with Crippen molar-refractivity contribution < 1.29 is 4.74 Å². The number of nitrogens with one attached hydrogen (secondary N) is 1. The maximum absolute atomic E-state index is 12.7. The molecule has 3 aromatic rings. The van der Waals surface area contributed by atoms with E-state index in [9.17, 15) is 9.59 Å². The highest BCUT2D eigenvalue weighted by atomic mass is 16.5. The van der Waals surface area contributed by atoms with Crippen LogP contribution in [0.2, 0.25) is 0 Å². The van der Waals surface area contributed by atoms with Crippen LogP contribution in [0.15, 0.2) is 34.0 Å². The van der Waals surface area contributed by atoms with E-state index >= 15 is 0 Å². The predicted octanol–water partition coefficient (Wildman–Crippen LogP) is 2.00. The van der Waals surface area contributed by atoms with Gasteiger partial charge in [0.1, 0.15) is 11.1 Å². The minimum atomic E-state index is -0.409. The Morgan fingerprint density at radius 1 is 1.12 bits per heavy atom. The average molecular weight is 340 g/mol. The molecule has 0 radical (unpaired) electrons. The number of hydrogen-bond donors (Lipinski definition) is 1. The van der Waals surface area contributed by atoms with Crippen molar-refractivity contribution in [2.45, 2.75) is 13.8 Å². The predicted molar refractivity (Wildman–Crippen MR) is 98.0 cm³/mol. The highest BCUT2D eigenvalue weighted by molar-refractivity contribution is 5.92. The maximum atomic E-state index is 12.7. The van der Waals surface area contributed by atoms with Crippen LogP contribution in [0.1, 0.15) is 11.1 Å². The standard InChI is InChI=1S/C18H20N4O3/c1-10-6-7-13(25-5)12(8-10)20-15-11(2)9-19-16-14(15)17(23)22(4)18(24)21(16)3/h6-9H,1-5H3,(H,19,20). The Bertz CT molecular complexity index is 1100. The van der Waals surface area contributed by atoms with Crippen LogP contribution in [-0.2, 0) is 14.1 Å². The number of aryl methyl sites for hydroxylation is 3. The van der Waals surface area contributed by atoms with Gasteiger partial charge in [0.05, 0.1) is 18.5 Å². The zero-order chi connectivity index (χ0) is 18.3. The lowest BCUT2D eigenvalue weighted by atomic mass is 10.1. The summed E-state index contributed by atoms with van der Waals surface area (Å²) in [6.07, 6.45) is 1.64. The van der Waals surface area contributed by atoms with Gasteiger partial charge in [0.25, 0.3) is 5.56 Å². The molecule has 2 heterocycles. The number of hydrogen-bond acceptors (Lipinski definition) is 5. The number of aromatic nitrogens is 3. The molecule has 0 saturated heterocycles. The number of methoxy groups -OCH3 is 1. The van der Waals surface area contributed by atoms with E-state index in [1.807, 2.05) is 32.0 Å². The van der Waals surface area contributed by atoms with Crippen LogP contribution in [-0.4, -0.2) is 21.2 Å². The second-order valence-corrected chi connectivity index (χ2v) is 6.05. The van der Waals surface area contributed by atoms with Crippen molar-refractivity contribution in [3.63, 3.8) is 0 Å². The van der Waals surface area contributed by atoms with Gasteiger partial charge in [-0.1, -0.05) is 6.07 Å². The highest BCUT2D eigenvalue weighted by Crippen LogP contribution is 2.32. The van der Waals surface area contributed by atoms with Crippen molar-refractivity contribution >= 4 is 22.4 Å². The monoisotopic (exact) mass is 340 g/mol. The number of ether oxygens (including phenoxy) is 1. The number of pyridine rings is 1. The molecule has 7 heteroatoms. The minimum Gasteiger partial charge on any atom is -0.495 e. The van der Waals surface area contributed by atoms with Crippen LogP contribution in [0, 0.1) is 13.8 Å². The summed E-state index contributed by atoms with van der Waals surface area (Å²) in [7, 11) is 4.66. The van der Waals surface area contributed by atoms with Crippen LogP contribution in [0.25, 0.3) is 11.0 Å². The number of anilines is 2. The van der Waals surface area contributed by atoms with Crippen LogP contribution < -0.4 is 21.3 Å². The fraction of sp³-hybridized carbons (Fsp3) is 0.278. The van der Waals surface area contributed by atoms with E-state index in [1.54, 1.807) is 20.4 Å². The lowest BCUT2D eigenvalue weighted by Gasteiger charge is -2.16. The van der Waals surface area contributed by atoms with Crippen molar-refractivity contribution in [3.8, 4) is 5.75 Å². The van der Waals surface area contributed by atoms with Crippen molar-refractivity contribution in [2.75, 3.05) is 12.4 Å². The number of rotatable bonds is 3. The summed E-state index contributed by atoms with van der Waals surface area (Å²) in [5.41, 5.74) is 2.76. The maximum Gasteiger partial charge on any atom is 0.332 e. The van der Waals surface area contributed by atoms with E-state index in [2.05, 4.69) is 10.3 Å². The second kappa shape index (κ2) is 6.08. The first-order valence-electron chi connectivity index (χ1n) is 7.82. The van der Waals surface area contributed by atoms with Gasteiger partial charge in [-0.15, -0.1) is 0 Å². The third kappa shape index (κ3) is 2.67. The lowest BCUT2D eigenvalue weighted by Crippen LogP contribution is -2.37. The first kappa shape index (κ1) is 16.8. The van der Waals surface area contributed by atoms with Crippen molar-refractivity contribution in [3.05, 3.63) is 56.4 Å². The molecule has 0 atom stereocenters. The quantitative estimate of drug-likeness (QED) is 0.789. The fourth-order valence-electron chi connectivity index (χ4n) is 2.84. The van der Waals surface area contributed by atoms with Gasteiger partial charge < -0.3 is 10.1 Å². The molecule has 0 aliphatic rings. The van der Waals surface area contributed by atoms with Crippen LogP contribution in [0.3, 0.4) is 0 Å². The van der Waals surface area contributed by atoms with Crippen LogP contribution >= 0.6 is 0 Å². The third-order valence-electron chi connectivity index (χ3n) is 4.27. The molecule has 0 aliphatic carbocycles. The Kier molecular flexibility index (Phi) is 4.08. The van der Waals surface area contributed by atoms with Crippen molar-refractivity contribution in [1.29, 1.82) is 0 Å². The normalized spacial score (nSPS) is 10.9. The van der Waals surface area contributed by atoms with Gasteiger partial charge in [-0.2, -0.15) is 0 Å². The van der Waals surface area contributed by atoms with E-state index in [-0.39, 0.29) is 5.56 Å². The zero-order valence-electron chi connectivity index (χ0n) is 14.9. The SMILES string of the molecule is COc1ccc(C)cc1Nc1c(C)cnc2c1c(=O)n(C)c(=O)n2C. The van der Waals surface area contributed by atoms with Crippen LogP contribution in [0.4, 0.5) is 11.4 Å². The molecule has 0 aliphatic heterocycles. The Balaban J connectivity index is 2.34. The molecular weight excluding hydrogens is 320 g/mol. The Hall–Kier alpha value is -3.09.